The SMILES string of the molecule is N#Cc1ccc(/C=C/C(=O)c2ccc([N+](=O)[O-])cc2)cc1. The van der Waals surface area contributed by atoms with Crippen molar-refractivity contribution in [2.24, 2.45) is 0 Å². The monoisotopic (exact) mass is 278 g/mol. The smallest absolute Gasteiger partial charge is 0.269 e. The van der Waals surface area contributed by atoms with E-state index in [-0.39, 0.29) is 11.5 Å². The quantitative estimate of drug-likeness (QED) is 0.371. The highest BCUT2D eigenvalue weighted by atomic mass is 16.6. The first-order valence-corrected chi connectivity index (χ1v) is 6.07. The van der Waals surface area contributed by atoms with Gasteiger partial charge in [0.25, 0.3) is 5.69 Å². The molecule has 102 valence electrons. The Bertz CT molecular complexity index is 739. The van der Waals surface area contributed by atoms with Gasteiger partial charge in [-0.3, -0.25) is 14.9 Å². The maximum atomic E-state index is 11.9. The van der Waals surface area contributed by atoms with Crippen LogP contribution in [0.1, 0.15) is 21.5 Å². The van der Waals surface area contributed by atoms with Gasteiger partial charge in [-0.15, -0.1) is 0 Å². The number of nitro benzene ring substituents is 1. The third-order valence-electron chi connectivity index (χ3n) is 2.83. The molecule has 2 rings (SSSR count). The number of nitro groups is 1. The molecule has 2 aromatic carbocycles. The lowest BCUT2D eigenvalue weighted by Crippen LogP contribution is -1.95. The minimum absolute atomic E-state index is 0.0531. The van der Waals surface area contributed by atoms with Crippen molar-refractivity contribution in [3.8, 4) is 6.07 Å². The molecule has 0 aliphatic heterocycles. The zero-order chi connectivity index (χ0) is 15.2. The fraction of sp³-hybridized carbons (Fsp3) is 0. The van der Waals surface area contributed by atoms with Crippen LogP contribution in [0.4, 0.5) is 5.69 Å². The van der Waals surface area contributed by atoms with Gasteiger partial charge in [0.15, 0.2) is 5.78 Å². The number of nitriles is 1. The van der Waals surface area contributed by atoms with Gasteiger partial charge in [0.2, 0.25) is 0 Å². The first-order valence-electron chi connectivity index (χ1n) is 6.07. The minimum atomic E-state index is -0.513. The number of non-ortho nitro benzene ring substituents is 1. The lowest BCUT2D eigenvalue weighted by Gasteiger charge is -1.96. The van der Waals surface area contributed by atoms with E-state index in [1.54, 1.807) is 30.3 Å². The van der Waals surface area contributed by atoms with Gasteiger partial charge in [0.05, 0.1) is 16.6 Å². The highest BCUT2D eigenvalue weighted by Gasteiger charge is 2.07. The first kappa shape index (κ1) is 14.2. The van der Waals surface area contributed by atoms with Gasteiger partial charge in [0.1, 0.15) is 0 Å². The fourth-order valence-electron chi connectivity index (χ4n) is 1.68. The van der Waals surface area contributed by atoms with Crippen LogP contribution in [0.5, 0.6) is 0 Å². The van der Waals surface area contributed by atoms with Crippen LogP contribution in [-0.4, -0.2) is 10.7 Å². The average molecular weight is 278 g/mol. The molecule has 0 bridgehead atoms. The molecule has 5 heteroatoms. The Labute approximate surface area is 120 Å². The van der Waals surface area contributed by atoms with E-state index in [0.29, 0.717) is 11.1 Å². The molecule has 2 aromatic rings. The summed E-state index contributed by atoms with van der Waals surface area (Å²) in [5, 5.41) is 19.2. The summed E-state index contributed by atoms with van der Waals surface area (Å²) >= 11 is 0. The van der Waals surface area contributed by atoms with Crippen molar-refractivity contribution in [3.05, 3.63) is 81.4 Å². The van der Waals surface area contributed by atoms with E-state index in [0.717, 1.165) is 5.56 Å². The van der Waals surface area contributed by atoms with Crippen molar-refractivity contribution >= 4 is 17.5 Å². The summed E-state index contributed by atoms with van der Waals surface area (Å²) in [6.07, 6.45) is 3.02. The molecule has 0 saturated heterocycles. The zero-order valence-corrected chi connectivity index (χ0v) is 10.9. The van der Waals surface area contributed by atoms with Crippen molar-refractivity contribution in [1.29, 1.82) is 5.26 Å². The second kappa shape index (κ2) is 6.26. The molecule has 0 atom stereocenters. The molecular formula is C16H10N2O3. The molecule has 0 aromatic heterocycles. The largest absolute Gasteiger partial charge is 0.289 e. The number of hydrogen-bond acceptors (Lipinski definition) is 4. The van der Waals surface area contributed by atoms with Crippen molar-refractivity contribution < 1.29 is 9.72 Å². The molecule has 0 N–H and O–H groups in total. The standard InChI is InChI=1S/C16H10N2O3/c17-11-13-3-1-12(2-4-13)5-10-16(19)14-6-8-15(9-7-14)18(20)21/h1-10H/b10-5+. The third kappa shape index (κ3) is 3.61. The van der Waals surface area contributed by atoms with Gasteiger partial charge in [0, 0.05) is 17.7 Å². The van der Waals surface area contributed by atoms with Crippen LogP contribution in [0, 0.1) is 21.4 Å². The van der Waals surface area contributed by atoms with Gasteiger partial charge < -0.3 is 0 Å². The Balaban J connectivity index is 2.11. The highest BCUT2D eigenvalue weighted by Crippen LogP contribution is 2.13. The molecule has 21 heavy (non-hydrogen) atoms. The Hall–Kier alpha value is -3.26. The average Bonchev–Trinajstić information content (AvgIpc) is 2.53. The molecule has 0 unspecified atom stereocenters. The van der Waals surface area contributed by atoms with Gasteiger partial charge in [-0.1, -0.05) is 18.2 Å². The second-order valence-electron chi connectivity index (χ2n) is 4.24. The number of allylic oxidation sites excluding steroid dienone is 1. The van der Waals surface area contributed by atoms with E-state index in [1.165, 1.54) is 30.3 Å². The predicted octanol–water partition coefficient (Wildman–Crippen LogP) is 3.36. The van der Waals surface area contributed by atoms with E-state index in [2.05, 4.69) is 0 Å². The normalized spacial score (nSPS) is 10.2. The van der Waals surface area contributed by atoms with E-state index < -0.39 is 4.92 Å². The molecular weight excluding hydrogens is 268 g/mol. The van der Waals surface area contributed by atoms with Crippen LogP contribution in [-0.2, 0) is 0 Å². The number of hydrogen-bond donors (Lipinski definition) is 0. The Kier molecular flexibility index (Phi) is 4.22. The predicted molar refractivity (Wildman–Crippen MR) is 77.6 cm³/mol. The maximum Gasteiger partial charge on any atom is 0.269 e. The van der Waals surface area contributed by atoms with E-state index in [1.807, 2.05) is 6.07 Å². The number of ketones is 1. The summed E-state index contributed by atoms with van der Waals surface area (Å²) < 4.78 is 0. The van der Waals surface area contributed by atoms with Crippen LogP contribution in [0.3, 0.4) is 0 Å². The Morgan fingerprint density at radius 2 is 1.71 bits per heavy atom. The molecule has 0 heterocycles. The van der Waals surface area contributed by atoms with Crippen LogP contribution in [0.15, 0.2) is 54.6 Å². The first-order chi connectivity index (χ1) is 10.1. The van der Waals surface area contributed by atoms with E-state index >= 15 is 0 Å². The summed E-state index contributed by atoms with van der Waals surface area (Å²) in [4.78, 5) is 21.9. The molecule has 5 nitrogen and oxygen atoms in total. The number of carbonyl (C=O) groups excluding carboxylic acids is 1. The van der Waals surface area contributed by atoms with Crippen LogP contribution >= 0.6 is 0 Å². The number of benzene rings is 2. The molecule has 0 spiro atoms. The summed E-state index contributed by atoms with van der Waals surface area (Å²) in [5.74, 6) is -0.241. The summed E-state index contributed by atoms with van der Waals surface area (Å²) in [6, 6.07) is 14.2. The molecule has 0 fully saturated rings. The van der Waals surface area contributed by atoms with Crippen molar-refractivity contribution in [1.82, 2.24) is 0 Å². The van der Waals surface area contributed by atoms with Crippen molar-refractivity contribution in [2.75, 3.05) is 0 Å². The van der Waals surface area contributed by atoms with E-state index in [9.17, 15) is 14.9 Å². The zero-order valence-electron chi connectivity index (χ0n) is 10.9. The second-order valence-corrected chi connectivity index (χ2v) is 4.24. The van der Waals surface area contributed by atoms with Gasteiger partial charge in [-0.05, 0) is 35.9 Å². The fourth-order valence-corrected chi connectivity index (χ4v) is 1.68. The summed E-state index contributed by atoms with van der Waals surface area (Å²) in [6.45, 7) is 0. The van der Waals surface area contributed by atoms with Crippen molar-refractivity contribution in [3.63, 3.8) is 0 Å². The van der Waals surface area contributed by atoms with Gasteiger partial charge >= 0.3 is 0 Å². The van der Waals surface area contributed by atoms with Crippen LogP contribution in [0.2, 0.25) is 0 Å². The molecule has 0 aliphatic carbocycles. The lowest BCUT2D eigenvalue weighted by atomic mass is 10.1. The molecule has 0 radical (unpaired) electrons. The van der Waals surface area contributed by atoms with Crippen LogP contribution < -0.4 is 0 Å². The molecule has 0 saturated carbocycles. The third-order valence-corrected chi connectivity index (χ3v) is 2.83. The minimum Gasteiger partial charge on any atom is -0.289 e. The van der Waals surface area contributed by atoms with Crippen molar-refractivity contribution in [2.45, 2.75) is 0 Å². The number of nitrogens with zero attached hydrogens (tertiary/aromatic N) is 2. The maximum absolute atomic E-state index is 11.9. The Morgan fingerprint density at radius 3 is 2.24 bits per heavy atom. The highest BCUT2D eigenvalue weighted by molar-refractivity contribution is 6.06. The number of rotatable bonds is 4. The summed E-state index contributed by atoms with van der Waals surface area (Å²) in [7, 11) is 0. The topological polar surface area (TPSA) is 84.0 Å². The lowest BCUT2D eigenvalue weighted by molar-refractivity contribution is -0.384. The molecule has 0 amide bonds. The summed E-state index contributed by atoms with van der Waals surface area (Å²) in [5.41, 5.74) is 1.67. The number of carbonyl (C=O) groups is 1. The van der Waals surface area contributed by atoms with Gasteiger partial charge in [-0.25, -0.2) is 0 Å². The molecule has 0 aliphatic rings. The van der Waals surface area contributed by atoms with Crippen LogP contribution in [0.25, 0.3) is 6.08 Å². The van der Waals surface area contributed by atoms with Gasteiger partial charge in [-0.2, -0.15) is 5.26 Å². The van der Waals surface area contributed by atoms with E-state index in [4.69, 9.17) is 5.26 Å². The Morgan fingerprint density at radius 1 is 1.10 bits per heavy atom.